The zero-order valence-electron chi connectivity index (χ0n) is 73.0. The zero-order valence-corrected chi connectivity index (χ0v) is 73.0. The van der Waals surface area contributed by atoms with Gasteiger partial charge >= 0.3 is 0 Å². The normalized spacial score (nSPS) is 11.2. The van der Waals surface area contributed by atoms with Crippen LogP contribution in [0.5, 0.6) is 161 Å². The van der Waals surface area contributed by atoms with E-state index in [1.165, 1.54) is 0 Å². The number of hydrogen-bond acceptors (Lipinski definition) is 20. The molecule has 2 N–H and O–H groups in total. The number of nitrogens with one attached hydrogen (secondary N) is 2. The number of benzene rings is 18. The number of H-pyrrole nitrogens is 2. The van der Waals surface area contributed by atoms with E-state index in [-0.39, 0.29) is 165 Å². The van der Waals surface area contributed by atoms with Crippen molar-refractivity contribution in [1.29, 1.82) is 0 Å². The molecular weight excluding hydrogens is 1730 g/mol. The van der Waals surface area contributed by atoms with E-state index < -0.39 is 0 Å². The van der Waals surface area contributed by atoms with Gasteiger partial charge in [0.25, 0.3) is 0 Å². The molecular formula is C116H74N8O14. The Labute approximate surface area is 788 Å². The molecule has 22 nitrogen and oxygen atoms in total. The van der Waals surface area contributed by atoms with Crippen molar-refractivity contribution >= 4 is 44.1 Å². The van der Waals surface area contributed by atoms with Crippen LogP contribution in [0.3, 0.4) is 0 Å². The molecule has 21 aromatic rings. The first kappa shape index (κ1) is 82.9. The second-order valence-electron chi connectivity index (χ2n) is 31.5. The average Bonchev–Trinajstić information content (AvgIpc) is 1.55. The molecule has 0 saturated heterocycles. The van der Waals surface area contributed by atoms with Crippen LogP contribution in [0, 0.1) is 0 Å². The van der Waals surface area contributed by atoms with Crippen LogP contribution in [-0.4, -0.2) is 39.9 Å². The third-order valence-corrected chi connectivity index (χ3v) is 22.2. The molecule has 8 bridgehead atoms. The van der Waals surface area contributed by atoms with Crippen LogP contribution in [0.1, 0.15) is 0 Å². The van der Waals surface area contributed by atoms with Crippen molar-refractivity contribution in [2.45, 2.75) is 0 Å². The second-order valence-corrected chi connectivity index (χ2v) is 31.5. The van der Waals surface area contributed by atoms with Crippen LogP contribution in [0.15, 0.2) is 437 Å². The molecule has 3 aromatic heterocycles. The predicted molar refractivity (Wildman–Crippen MR) is 527 cm³/mol. The first-order valence-electron chi connectivity index (χ1n) is 44.3. The third-order valence-electron chi connectivity index (χ3n) is 22.2. The summed E-state index contributed by atoms with van der Waals surface area (Å²) in [5, 5.41) is 0.801. The van der Waals surface area contributed by atoms with Gasteiger partial charge in [0.15, 0.2) is 69.3 Å². The van der Waals surface area contributed by atoms with Gasteiger partial charge in [0, 0.05) is 11.6 Å². The van der Waals surface area contributed by atoms with Gasteiger partial charge in [-0.05, 0) is 176 Å². The molecule has 0 atom stereocenters. The Kier molecular flexibility index (Phi) is 22.5. The van der Waals surface area contributed by atoms with Crippen molar-refractivity contribution in [2.75, 3.05) is 0 Å². The minimum Gasteiger partial charge on any atom is -0.456 e. The molecule has 18 aromatic carbocycles. The van der Waals surface area contributed by atoms with Crippen molar-refractivity contribution in [1.82, 2.24) is 39.9 Å². The van der Waals surface area contributed by atoms with E-state index in [0.29, 0.717) is 86.1 Å². The summed E-state index contributed by atoms with van der Waals surface area (Å²) in [7, 11) is 0. The molecule has 2 aliphatic heterocycles. The highest BCUT2D eigenvalue weighted by atomic mass is 16.6. The summed E-state index contributed by atoms with van der Waals surface area (Å²) >= 11 is 0. The van der Waals surface area contributed by atoms with E-state index in [4.69, 9.17) is 96.2 Å². The highest BCUT2D eigenvalue weighted by molar-refractivity contribution is 6.17. The summed E-state index contributed by atoms with van der Waals surface area (Å²) in [5.41, 5.74) is 1.12. The largest absolute Gasteiger partial charge is 0.456 e. The first-order valence-corrected chi connectivity index (χ1v) is 44.3. The summed E-state index contributed by atoms with van der Waals surface area (Å²) in [6.07, 6.45) is 0. The van der Waals surface area contributed by atoms with Crippen LogP contribution in [0.4, 0.5) is 0 Å². The maximum atomic E-state index is 7.57. The minimum absolute atomic E-state index is 0.00311. The zero-order chi connectivity index (χ0) is 91.9. The molecule has 0 amide bonds. The summed E-state index contributed by atoms with van der Waals surface area (Å²) in [6, 6.07) is 134. The lowest BCUT2D eigenvalue weighted by Gasteiger charge is -2.21. The van der Waals surface area contributed by atoms with E-state index in [0.717, 1.165) is 0 Å². The highest BCUT2D eigenvalue weighted by Crippen LogP contribution is 2.63. The summed E-state index contributed by atoms with van der Waals surface area (Å²) in [4.78, 5) is 43.1. The first-order chi connectivity index (χ1) is 68.4. The number of para-hydroxylation sites is 14. The van der Waals surface area contributed by atoms with E-state index in [9.17, 15) is 0 Å². The highest BCUT2D eigenvalue weighted by Gasteiger charge is 2.40. The summed E-state index contributed by atoms with van der Waals surface area (Å²) < 4.78 is 104. The Morgan fingerprint density at radius 2 is 0.326 bits per heavy atom. The smallest absolute Gasteiger partial charge is 0.217 e. The average molecular weight is 1800 g/mol. The van der Waals surface area contributed by atoms with Crippen molar-refractivity contribution in [3.63, 3.8) is 0 Å². The van der Waals surface area contributed by atoms with E-state index in [2.05, 4.69) is 9.97 Å². The Hall–Kier alpha value is -19.5. The van der Waals surface area contributed by atoms with Crippen LogP contribution in [-0.2, 0) is 0 Å². The second kappa shape index (κ2) is 37.4. The molecule has 0 fully saturated rings. The number of aromatic amines is 2. The lowest BCUT2D eigenvalue weighted by atomic mass is 10.0. The molecule has 2 aliphatic rings. The fourth-order valence-electron chi connectivity index (χ4n) is 16.1. The van der Waals surface area contributed by atoms with Gasteiger partial charge < -0.3 is 76.3 Å². The van der Waals surface area contributed by atoms with Crippen LogP contribution in [0.2, 0.25) is 0 Å². The number of fused-ring (bicyclic) bond motifs is 20. The van der Waals surface area contributed by atoms with Gasteiger partial charge in [-0.25, -0.2) is 29.9 Å². The standard InChI is InChI=1S/C116H74N8O14/c1-15-43-73(44-16-1)125-88-72-90(127-75-47-19-3-20-48-75)98(128-76-49-21-4-22-50-76)93-92(88)111-120-112(93)122-116-95-94(101(131-79-55-27-7-28-56-79)105(135-83-63-35-11-36-64-83)106(136-84-65-37-12-38-66-84)102(95)132-80-57-29-8-30-58-80)113(123-116)118-109-87-71-89(126-74-45-17-2-18-46-74)99(129-77-51-23-5-24-52-77)100(130-78-53-25-6-26-54-78)91(87)110(117-109)119-114-96-97(115(121-111)124-114)104(134-82-61-33-10-34-62-82)108(138-86-69-41-14-42-70-86)107(137-85-67-39-13-40-68-85)103(96)133-81-59-31-9-32-60-81/h1-72H,(H2,117,118,119,120,121,122,123,124). The van der Waals surface area contributed by atoms with Gasteiger partial charge in [0.1, 0.15) is 109 Å². The molecule has 0 spiro atoms. The number of rotatable bonds is 28. The molecule has 5 heterocycles. The van der Waals surface area contributed by atoms with Crippen LogP contribution < -0.4 is 66.3 Å². The predicted octanol–water partition coefficient (Wildman–Crippen LogP) is 32.0. The third kappa shape index (κ3) is 17.2. The number of ether oxygens (including phenoxy) is 14. The lowest BCUT2D eigenvalue weighted by molar-refractivity contribution is 0.371. The van der Waals surface area contributed by atoms with Crippen molar-refractivity contribution in [3.8, 4) is 207 Å². The van der Waals surface area contributed by atoms with Crippen molar-refractivity contribution < 1.29 is 66.3 Å². The Morgan fingerprint density at radius 3 is 0.594 bits per heavy atom. The van der Waals surface area contributed by atoms with Gasteiger partial charge in [-0.1, -0.05) is 255 Å². The maximum absolute atomic E-state index is 7.57. The molecule has 22 heteroatoms. The van der Waals surface area contributed by atoms with Crippen LogP contribution in [0.25, 0.3) is 89.7 Å². The molecule has 23 rings (SSSR count). The molecule has 0 unspecified atom stereocenters. The van der Waals surface area contributed by atoms with E-state index in [1.54, 1.807) is 12.1 Å². The van der Waals surface area contributed by atoms with Gasteiger partial charge in [-0.3, -0.25) is 0 Å². The molecule has 0 saturated carbocycles. The fourth-order valence-corrected chi connectivity index (χ4v) is 16.1. The van der Waals surface area contributed by atoms with E-state index >= 15 is 0 Å². The molecule has 138 heavy (non-hydrogen) atoms. The Balaban J connectivity index is 0.975. The lowest BCUT2D eigenvalue weighted by Crippen LogP contribution is -2.00. The number of nitrogens with zero attached hydrogens (tertiary/aromatic N) is 6. The molecule has 0 radical (unpaired) electrons. The van der Waals surface area contributed by atoms with Crippen molar-refractivity contribution in [3.05, 3.63) is 437 Å². The van der Waals surface area contributed by atoms with E-state index in [1.807, 2.05) is 425 Å². The SMILES string of the molecule is c1ccc(Oc2cc3c(c(Oc4ccccc4)c2Oc2ccccc2)-c2nc-3nc3[nH]c(nc4nc(nc5[nH]c(n2)c2c(Oc6ccccc6)c(Oc6ccccc6)c(Oc6ccccc6)c(Oc6ccccc6)c52)-c2c(Oc5ccccc5)cc(Oc5ccccc5)c(Oc5ccccc5)c2-4)c2c(Oc4ccccc4)c(Oc4ccccc4)c(Oc4ccccc4)c(Oc4ccccc4)c32)cc1. The fraction of sp³-hybridized carbons (Fsp3) is 0. The maximum Gasteiger partial charge on any atom is 0.217 e. The quantitative estimate of drug-likeness (QED) is 0.0463. The minimum atomic E-state index is -0.0453. The summed E-state index contributed by atoms with van der Waals surface area (Å²) in [5.74, 6) is 6.52. The Morgan fingerprint density at radius 1 is 0.138 bits per heavy atom. The molecule has 662 valence electrons. The van der Waals surface area contributed by atoms with Gasteiger partial charge in [-0.2, -0.15) is 0 Å². The van der Waals surface area contributed by atoms with Crippen LogP contribution >= 0.6 is 0 Å². The number of hydrogen-bond donors (Lipinski definition) is 2. The van der Waals surface area contributed by atoms with Gasteiger partial charge in [-0.15, -0.1) is 0 Å². The molecule has 0 aliphatic carbocycles. The van der Waals surface area contributed by atoms with Gasteiger partial charge in [0.2, 0.25) is 28.7 Å². The topological polar surface area (TPSA) is 238 Å². The number of aromatic nitrogens is 8. The van der Waals surface area contributed by atoms with Crippen molar-refractivity contribution in [2.24, 2.45) is 0 Å². The Bertz CT molecular complexity index is 7930. The summed E-state index contributed by atoms with van der Waals surface area (Å²) in [6.45, 7) is 0. The monoisotopic (exact) mass is 1800 g/mol. The van der Waals surface area contributed by atoms with Gasteiger partial charge in [0.05, 0.1) is 38.2 Å².